The molecule has 1 aliphatic heterocycles. The van der Waals surface area contributed by atoms with Crippen molar-refractivity contribution in [2.24, 2.45) is 5.73 Å². The molecule has 1 fully saturated rings. The summed E-state index contributed by atoms with van der Waals surface area (Å²) in [6.45, 7) is 6.10. The molecule has 1 atom stereocenters. The normalized spacial score (nSPS) is 19.6. The molecule has 2 N–H and O–H groups in total. The van der Waals surface area contributed by atoms with Crippen LogP contribution in [0.5, 0.6) is 5.75 Å². The molecule has 118 valence electrons. The van der Waals surface area contributed by atoms with Crippen molar-refractivity contribution in [3.8, 4) is 5.75 Å². The lowest BCUT2D eigenvalue weighted by Crippen LogP contribution is -2.40. The maximum absolute atomic E-state index is 5.85. The van der Waals surface area contributed by atoms with E-state index in [2.05, 4.69) is 11.8 Å². The van der Waals surface area contributed by atoms with Gasteiger partial charge in [0.2, 0.25) is 0 Å². The number of nitrogens with zero attached hydrogens (tertiary/aromatic N) is 1. The van der Waals surface area contributed by atoms with Gasteiger partial charge in [0.15, 0.2) is 0 Å². The highest BCUT2D eigenvalue weighted by atomic mass is 16.5. The standard InChI is InChI=1S/C18H30N2O/c1-2-7-17-9-3-4-11-20(17)12-6-13-21-18-10-5-8-16(14-18)15-19/h5,8,10,14,17H,2-4,6-7,9,11-13,15,19H2,1H3. The van der Waals surface area contributed by atoms with E-state index in [0.717, 1.165) is 30.4 Å². The second-order valence-electron chi connectivity index (χ2n) is 6.03. The molecule has 1 saturated heterocycles. The maximum Gasteiger partial charge on any atom is 0.119 e. The minimum atomic E-state index is 0.573. The molecule has 0 aliphatic carbocycles. The van der Waals surface area contributed by atoms with Crippen molar-refractivity contribution < 1.29 is 4.74 Å². The highest BCUT2D eigenvalue weighted by Crippen LogP contribution is 2.21. The highest BCUT2D eigenvalue weighted by Gasteiger charge is 2.20. The summed E-state index contributed by atoms with van der Waals surface area (Å²) in [4.78, 5) is 2.67. The van der Waals surface area contributed by atoms with E-state index >= 15 is 0 Å². The fourth-order valence-corrected chi connectivity index (χ4v) is 3.23. The monoisotopic (exact) mass is 290 g/mol. The quantitative estimate of drug-likeness (QED) is 0.744. The van der Waals surface area contributed by atoms with E-state index in [1.54, 1.807) is 0 Å². The van der Waals surface area contributed by atoms with Gasteiger partial charge in [0.05, 0.1) is 6.61 Å². The molecule has 2 rings (SSSR count). The fraction of sp³-hybridized carbons (Fsp3) is 0.667. The number of rotatable bonds is 8. The second kappa shape index (κ2) is 9.06. The minimum Gasteiger partial charge on any atom is -0.494 e. The van der Waals surface area contributed by atoms with Crippen molar-refractivity contribution in [3.05, 3.63) is 29.8 Å². The Morgan fingerprint density at radius 1 is 1.33 bits per heavy atom. The van der Waals surface area contributed by atoms with Gasteiger partial charge in [-0.3, -0.25) is 0 Å². The van der Waals surface area contributed by atoms with E-state index < -0.39 is 0 Å². The molecule has 0 saturated carbocycles. The molecule has 0 amide bonds. The first-order valence-corrected chi connectivity index (χ1v) is 8.49. The molecular weight excluding hydrogens is 260 g/mol. The zero-order valence-electron chi connectivity index (χ0n) is 13.4. The number of hydrogen-bond donors (Lipinski definition) is 1. The molecule has 1 aromatic carbocycles. The fourth-order valence-electron chi connectivity index (χ4n) is 3.23. The Morgan fingerprint density at radius 2 is 2.24 bits per heavy atom. The van der Waals surface area contributed by atoms with Gasteiger partial charge in [-0.2, -0.15) is 0 Å². The molecule has 0 spiro atoms. The summed E-state index contributed by atoms with van der Waals surface area (Å²) >= 11 is 0. The van der Waals surface area contributed by atoms with Crippen LogP contribution in [0.4, 0.5) is 0 Å². The van der Waals surface area contributed by atoms with Crippen molar-refractivity contribution in [2.45, 2.75) is 58.0 Å². The lowest BCUT2D eigenvalue weighted by molar-refractivity contribution is 0.130. The van der Waals surface area contributed by atoms with Gasteiger partial charge in [-0.1, -0.05) is 31.9 Å². The van der Waals surface area contributed by atoms with Crippen molar-refractivity contribution in [3.63, 3.8) is 0 Å². The summed E-state index contributed by atoms with van der Waals surface area (Å²) in [5.41, 5.74) is 6.78. The molecule has 0 radical (unpaired) electrons. The van der Waals surface area contributed by atoms with Crippen LogP contribution in [0.25, 0.3) is 0 Å². The van der Waals surface area contributed by atoms with Crippen LogP contribution in [0.1, 0.15) is 51.0 Å². The molecule has 21 heavy (non-hydrogen) atoms. The third-order valence-corrected chi connectivity index (χ3v) is 4.36. The predicted molar refractivity (Wildman–Crippen MR) is 88.6 cm³/mol. The summed E-state index contributed by atoms with van der Waals surface area (Å²) in [5, 5.41) is 0. The number of likely N-dealkylation sites (tertiary alicyclic amines) is 1. The van der Waals surface area contributed by atoms with Crippen LogP contribution in [-0.2, 0) is 6.54 Å². The molecule has 1 unspecified atom stereocenters. The predicted octanol–water partition coefficient (Wildman–Crippen LogP) is 3.57. The van der Waals surface area contributed by atoms with Crippen molar-refractivity contribution in [2.75, 3.05) is 19.7 Å². The van der Waals surface area contributed by atoms with Crippen LogP contribution in [0.2, 0.25) is 0 Å². The van der Waals surface area contributed by atoms with Gasteiger partial charge in [0.1, 0.15) is 5.75 Å². The van der Waals surface area contributed by atoms with E-state index in [9.17, 15) is 0 Å². The van der Waals surface area contributed by atoms with E-state index in [0.29, 0.717) is 6.54 Å². The first kappa shape index (κ1) is 16.3. The van der Waals surface area contributed by atoms with E-state index in [4.69, 9.17) is 10.5 Å². The van der Waals surface area contributed by atoms with Gasteiger partial charge < -0.3 is 15.4 Å². The molecule has 0 aromatic heterocycles. The molecule has 3 heteroatoms. The van der Waals surface area contributed by atoms with Crippen LogP contribution in [0.15, 0.2) is 24.3 Å². The van der Waals surface area contributed by atoms with E-state index in [1.807, 2.05) is 24.3 Å². The van der Waals surface area contributed by atoms with Crippen molar-refractivity contribution in [1.82, 2.24) is 4.90 Å². The maximum atomic E-state index is 5.85. The largest absolute Gasteiger partial charge is 0.494 e. The SMILES string of the molecule is CCCC1CCCCN1CCCOc1cccc(CN)c1. The average molecular weight is 290 g/mol. The summed E-state index contributed by atoms with van der Waals surface area (Å²) in [6, 6.07) is 8.92. The Hall–Kier alpha value is -1.06. The van der Waals surface area contributed by atoms with Crippen LogP contribution < -0.4 is 10.5 Å². The summed E-state index contributed by atoms with van der Waals surface area (Å²) in [5.74, 6) is 0.946. The zero-order chi connectivity index (χ0) is 14.9. The number of hydrogen-bond acceptors (Lipinski definition) is 3. The number of benzene rings is 1. The Morgan fingerprint density at radius 3 is 3.05 bits per heavy atom. The second-order valence-corrected chi connectivity index (χ2v) is 6.03. The van der Waals surface area contributed by atoms with Crippen molar-refractivity contribution >= 4 is 0 Å². The van der Waals surface area contributed by atoms with Crippen molar-refractivity contribution in [1.29, 1.82) is 0 Å². The van der Waals surface area contributed by atoms with Gasteiger partial charge in [-0.25, -0.2) is 0 Å². The summed E-state index contributed by atoms with van der Waals surface area (Å²) in [6.07, 6.45) is 7.90. The van der Waals surface area contributed by atoms with E-state index in [1.165, 1.54) is 45.2 Å². The Balaban J connectivity index is 1.70. The first-order valence-electron chi connectivity index (χ1n) is 8.49. The molecule has 3 nitrogen and oxygen atoms in total. The molecular formula is C18H30N2O. The van der Waals surface area contributed by atoms with Crippen LogP contribution >= 0.6 is 0 Å². The molecule has 1 heterocycles. The zero-order valence-corrected chi connectivity index (χ0v) is 13.4. The van der Waals surface area contributed by atoms with Crippen LogP contribution in [-0.4, -0.2) is 30.6 Å². The van der Waals surface area contributed by atoms with Gasteiger partial charge >= 0.3 is 0 Å². The minimum absolute atomic E-state index is 0.573. The Kier molecular flexibility index (Phi) is 7.04. The summed E-state index contributed by atoms with van der Waals surface area (Å²) < 4.78 is 5.85. The summed E-state index contributed by atoms with van der Waals surface area (Å²) in [7, 11) is 0. The van der Waals surface area contributed by atoms with Gasteiger partial charge in [-0.15, -0.1) is 0 Å². The third kappa shape index (κ3) is 5.33. The average Bonchev–Trinajstić information content (AvgIpc) is 2.53. The van der Waals surface area contributed by atoms with Crippen LogP contribution in [0, 0.1) is 0 Å². The number of nitrogens with two attached hydrogens (primary N) is 1. The Labute approximate surface area is 129 Å². The number of piperidine rings is 1. The van der Waals surface area contributed by atoms with Crippen LogP contribution in [0.3, 0.4) is 0 Å². The lowest BCUT2D eigenvalue weighted by atomic mass is 9.98. The molecule has 0 bridgehead atoms. The third-order valence-electron chi connectivity index (χ3n) is 4.36. The van der Waals surface area contributed by atoms with Gasteiger partial charge in [-0.05, 0) is 49.9 Å². The highest BCUT2D eigenvalue weighted by molar-refractivity contribution is 5.28. The lowest BCUT2D eigenvalue weighted by Gasteiger charge is -2.35. The smallest absolute Gasteiger partial charge is 0.119 e. The van der Waals surface area contributed by atoms with Gasteiger partial charge in [0, 0.05) is 19.1 Å². The number of ether oxygens (including phenoxy) is 1. The Bertz CT molecular complexity index is 406. The molecule has 1 aliphatic rings. The topological polar surface area (TPSA) is 38.5 Å². The van der Waals surface area contributed by atoms with Gasteiger partial charge in [0.25, 0.3) is 0 Å². The first-order chi connectivity index (χ1) is 10.3. The van der Waals surface area contributed by atoms with E-state index in [-0.39, 0.29) is 0 Å². The molecule has 1 aromatic rings.